The largest absolute Gasteiger partial charge is 0.497 e. The van der Waals surface area contributed by atoms with Gasteiger partial charge in [0.15, 0.2) is 0 Å². The molecular weight excluding hydrogens is 508 g/mol. The summed E-state index contributed by atoms with van der Waals surface area (Å²) in [7, 11) is 1.61. The maximum Gasteiger partial charge on any atom is 0.227 e. The molecule has 0 aliphatic carbocycles. The molecule has 0 bridgehead atoms. The van der Waals surface area contributed by atoms with Gasteiger partial charge in [-0.1, -0.05) is 77.5 Å². The van der Waals surface area contributed by atoms with Gasteiger partial charge >= 0.3 is 0 Å². The minimum Gasteiger partial charge on any atom is -0.497 e. The molecule has 0 aliphatic rings. The van der Waals surface area contributed by atoms with Crippen LogP contribution in [0.25, 0.3) is 10.6 Å². The van der Waals surface area contributed by atoms with Crippen molar-refractivity contribution in [2.24, 2.45) is 0 Å². The molecule has 37 heavy (non-hydrogen) atoms. The summed E-state index contributed by atoms with van der Waals surface area (Å²) < 4.78 is 5.21. The topological polar surface area (TPSA) is 84.4 Å². The summed E-state index contributed by atoms with van der Waals surface area (Å²) in [5.41, 5.74) is 2.75. The Kier molecular flexibility index (Phi) is 8.87. The van der Waals surface area contributed by atoms with Crippen molar-refractivity contribution in [1.82, 2.24) is 15.1 Å². The first kappa shape index (κ1) is 26.3. The summed E-state index contributed by atoms with van der Waals surface area (Å²) in [5.74, 6) is 0.440. The van der Waals surface area contributed by atoms with Crippen molar-refractivity contribution in [2.75, 3.05) is 19.0 Å². The van der Waals surface area contributed by atoms with E-state index in [1.807, 2.05) is 73.7 Å². The van der Waals surface area contributed by atoms with Gasteiger partial charge < -0.3 is 15.0 Å². The van der Waals surface area contributed by atoms with Crippen LogP contribution in [0, 0.1) is 0 Å². The van der Waals surface area contributed by atoms with Crippen LogP contribution < -0.4 is 10.1 Å². The molecule has 3 aromatic carbocycles. The number of anilines is 1. The second-order valence-electron chi connectivity index (χ2n) is 8.42. The van der Waals surface area contributed by atoms with E-state index in [2.05, 4.69) is 15.5 Å². The highest BCUT2D eigenvalue weighted by molar-refractivity contribution is 7.18. The predicted molar refractivity (Wildman–Crippen MR) is 147 cm³/mol. The Morgan fingerprint density at radius 3 is 2.38 bits per heavy atom. The fourth-order valence-electron chi connectivity index (χ4n) is 3.85. The van der Waals surface area contributed by atoms with Crippen LogP contribution in [0.5, 0.6) is 5.75 Å². The zero-order chi connectivity index (χ0) is 26.2. The molecule has 1 heterocycles. The quantitative estimate of drug-likeness (QED) is 0.268. The van der Waals surface area contributed by atoms with Crippen molar-refractivity contribution in [1.29, 1.82) is 0 Å². The van der Waals surface area contributed by atoms with Gasteiger partial charge in [0, 0.05) is 23.6 Å². The number of aromatic nitrogens is 2. The van der Waals surface area contributed by atoms with Crippen LogP contribution in [0.4, 0.5) is 5.13 Å². The first-order valence-electron chi connectivity index (χ1n) is 11.8. The average molecular weight is 535 g/mol. The molecule has 0 saturated carbocycles. The molecule has 1 aromatic heterocycles. The molecule has 0 saturated heterocycles. The molecule has 0 spiro atoms. The third-order valence-corrected chi connectivity index (χ3v) is 7.07. The van der Waals surface area contributed by atoms with E-state index in [-0.39, 0.29) is 37.2 Å². The third-order valence-electron chi connectivity index (χ3n) is 5.93. The number of nitrogens with one attached hydrogen (secondary N) is 1. The number of nitrogens with zero attached hydrogens (tertiary/aromatic N) is 3. The van der Waals surface area contributed by atoms with E-state index in [0.717, 1.165) is 22.4 Å². The lowest BCUT2D eigenvalue weighted by atomic mass is 10.0. The number of carbonyl (C=O) groups excluding carboxylic acids is 2. The zero-order valence-corrected chi connectivity index (χ0v) is 22.1. The lowest BCUT2D eigenvalue weighted by Crippen LogP contribution is -2.37. The van der Waals surface area contributed by atoms with Gasteiger partial charge in [-0.3, -0.25) is 9.59 Å². The Hall–Kier alpha value is -3.75. The van der Waals surface area contributed by atoms with Gasteiger partial charge in [0.25, 0.3) is 0 Å². The normalized spacial score (nSPS) is 11.5. The lowest BCUT2D eigenvalue weighted by molar-refractivity contribution is -0.133. The van der Waals surface area contributed by atoms with Crippen LogP contribution in [0.1, 0.15) is 30.5 Å². The van der Waals surface area contributed by atoms with E-state index in [9.17, 15) is 9.59 Å². The van der Waals surface area contributed by atoms with E-state index >= 15 is 0 Å². The number of methoxy groups -OCH3 is 1. The van der Waals surface area contributed by atoms with Crippen molar-refractivity contribution in [3.8, 4) is 16.3 Å². The number of hydrogen-bond donors (Lipinski definition) is 1. The fraction of sp³-hybridized carbons (Fsp3) is 0.214. The standard InChI is InChI=1S/C28H27ClN4O3S/c1-19(21-6-4-3-5-7-21)33(26(35)18-20-8-14-24(36-2)15-9-20)17-16-25(34)30-28-32-31-27(37-28)22-10-12-23(29)13-11-22/h3-15,19H,16-18H2,1-2H3,(H,30,32,34)/t19-/m0/s1. The van der Waals surface area contributed by atoms with Crippen molar-refractivity contribution < 1.29 is 14.3 Å². The molecule has 0 radical (unpaired) electrons. The molecule has 1 N–H and O–H groups in total. The number of halogens is 1. The highest BCUT2D eigenvalue weighted by Gasteiger charge is 2.23. The number of carbonyl (C=O) groups is 2. The SMILES string of the molecule is COc1ccc(CC(=O)N(CCC(=O)Nc2nnc(-c3ccc(Cl)cc3)s2)[C@@H](C)c2ccccc2)cc1. The third kappa shape index (κ3) is 7.15. The van der Waals surface area contributed by atoms with E-state index in [4.69, 9.17) is 16.3 Å². The van der Waals surface area contributed by atoms with Gasteiger partial charge in [-0.15, -0.1) is 10.2 Å². The zero-order valence-electron chi connectivity index (χ0n) is 20.6. The second-order valence-corrected chi connectivity index (χ2v) is 9.83. The first-order chi connectivity index (χ1) is 17.9. The van der Waals surface area contributed by atoms with Crippen molar-refractivity contribution in [3.05, 3.63) is 95.0 Å². The first-order valence-corrected chi connectivity index (χ1v) is 13.0. The number of hydrogen-bond acceptors (Lipinski definition) is 6. The summed E-state index contributed by atoms with van der Waals surface area (Å²) in [4.78, 5) is 27.9. The lowest BCUT2D eigenvalue weighted by Gasteiger charge is -2.30. The molecule has 1 atom stereocenters. The maximum absolute atomic E-state index is 13.4. The van der Waals surface area contributed by atoms with Crippen LogP contribution in [0.15, 0.2) is 78.9 Å². The molecule has 9 heteroatoms. The highest BCUT2D eigenvalue weighted by atomic mass is 35.5. The molecule has 190 valence electrons. The Morgan fingerprint density at radius 1 is 1.00 bits per heavy atom. The van der Waals surface area contributed by atoms with Crippen LogP contribution in [-0.4, -0.2) is 40.6 Å². The van der Waals surface area contributed by atoms with Crippen LogP contribution >= 0.6 is 22.9 Å². The summed E-state index contributed by atoms with van der Waals surface area (Å²) >= 11 is 7.23. The minimum absolute atomic E-state index is 0.0599. The van der Waals surface area contributed by atoms with E-state index in [1.54, 1.807) is 24.1 Å². The second kappa shape index (κ2) is 12.5. The van der Waals surface area contributed by atoms with Crippen LogP contribution in [0.2, 0.25) is 5.02 Å². The van der Waals surface area contributed by atoms with Gasteiger partial charge in [-0.25, -0.2) is 0 Å². The average Bonchev–Trinajstić information content (AvgIpc) is 3.38. The molecule has 4 aromatic rings. The van der Waals surface area contributed by atoms with Crippen molar-refractivity contribution in [3.63, 3.8) is 0 Å². The fourth-order valence-corrected chi connectivity index (χ4v) is 4.74. The van der Waals surface area contributed by atoms with Gasteiger partial charge in [0.2, 0.25) is 16.9 Å². The predicted octanol–water partition coefficient (Wildman–Crippen LogP) is 6.03. The summed E-state index contributed by atoms with van der Waals surface area (Å²) in [6.45, 7) is 2.24. The Morgan fingerprint density at radius 2 is 1.70 bits per heavy atom. The van der Waals surface area contributed by atoms with Crippen LogP contribution in [0.3, 0.4) is 0 Å². The monoisotopic (exact) mass is 534 g/mol. The summed E-state index contributed by atoms with van der Waals surface area (Å²) in [6, 6.07) is 24.3. The number of amides is 2. The maximum atomic E-state index is 13.4. The Labute approximate surface area is 225 Å². The highest BCUT2D eigenvalue weighted by Crippen LogP contribution is 2.28. The summed E-state index contributed by atoms with van der Waals surface area (Å²) in [6.07, 6.45) is 0.352. The smallest absolute Gasteiger partial charge is 0.227 e. The van der Waals surface area contributed by atoms with Crippen molar-refractivity contribution in [2.45, 2.75) is 25.8 Å². The van der Waals surface area contributed by atoms with Gasteiger partial charge in [0.05, 0.1) is 19.6 Å². The van der Waals surface area contributed by atoms with E-state index < -0.39 is 0 Å². The molecule has 4 rings (SSSR count). The number of rotatable bonds is 10. The molecule has 0 fully saturated rings. The molecule has 2 amide bonds. The Bertz CT molecular complexity index is 1330. The van der Waals surface area contributed by atoms with E-state index in [0.29, 0.717) is 15.2 Å². The summed E-state index contributed by atoms with van der Waals surface area (Å²) in [5, 5.41) is 12.8. The molecule has 7 nitrogen and oxygen atoms in total. The van der Waals surface area contributed by atoms with Gasteiger partial charge in [-0.2, -0.15) is 0 Å². The van der Waals surface area contributed by atoms with Gasteiger partial charge in [-0.05, 0) is 42.3 Å². The number of benzene rings is 3. The molecule has 0 aliphatic heterocycles. The van der Waals surface area contributed by atoms with Crippen molar-refractivity contribution >= 4 is 39.9 Å². The van der Waals surface area contributed by atoms with Crippen LogP contribution in [-0.2, 0) is 16.0 Å². The van der Waals surface area contributed by atoms with Gasteiger partial charge in [0.1, 0.15) is 10.8 Å². The molecule has 0 unspecified atom stereocenters. The Balaban J connectivity index is 1.42. The minimum atomic E-state index is -0.235. The number of ether oxygens (including phenoxy) is 1. The van der Waals surface area contributed by atoms with E-state index in [1.165, 1.54) is 11.3 Å². The molecular formula is C28H27ClN4O3S.